The first-order chi connectivity index (χ1) is 23.7. The Morgan fingerprint density at radius 2 is 1.60 bits per heavy atom. The fourth-order valence-corrected chi connectivity index (χ4v) is 7.28. The number of fused-ring (bicyclic) bond motifs is 3. The largest absolute Gasteiger partial charge is 0.870 e. The van der Waals surface area contributed by atoms with E-state index in [1.54, 1.807) is 56.9 Å². The average Bonchev–Trinajstić information content (AvgIpc) is 3.13. The normalized spacial score (nSPS) is 19.0. The Kier molecular flexibility index (Phi) is 12.2. The number of rotatable bonds is 12. The van der Waals surface area contributed by atoms with Crippen LogP contribution in [0.2, 0.25) is 10.0 Å². The topological polar surface area (TPSA) is 122 Å². The van der Waals surface area contributed by atoms with Gasteiger partial charge < -0.3 is 29.3 Å². The number of likely N-dealkylation sites (N-methyl/N-ethyl adjacent to an activating group) is 1. The summed E-state index contributed by atoms with van der Waals surface area (Å²) < 4.78 is 23.4. The van der Waals surface area contributed by atoms with Gasteiger partial charge in [-0.2, -0.15) is 0 Å². The van der Waals surface area contributed by atoms with Crippen LogP contribution in [0.25, 0.3) is 0 Å². The number of carbonyl (C=O) groups is 2. The second kappa shape index (κ2) is 16.6. The molecule has 4 aromatic rings. The maximum atomic E-state index is 13.9. The van der Waals surface area contributed by atoms with Gasteiger partial charge in [-0.25, -0.2) is 14.6 Å². The quantitative estimate of drug-likeness (QED) is 0.149. The fraction of sp³-hybridized carbons (Fsp3) is 0.342. The van der Waals surface area contributed by atoms with Gasteiger partial charge in [-0.1, -0.05) is 65.7 Å². The van der Waals surface area contributed by atoms with E-state index in [2.05, 4.69) is 9.88 Å². The zero-order valence-corrected chi connectivity index (χ0v) is 29.7. The zero-order chi connectivity index (χ0) is 34.5. The number of piperidine rings is 3. The van der Waals surface area contributed by atoms with Crippen molar-refractivity contribution >= 4 is 40.8 Å². The summed E-state index contributed by atoms with van der Waals surface area (Å²) in [6.45, 7) is 2.88. The lowest BCUT2D eigenvalue weighted by Gasteiger charge is -2.44. The minimum Gasteiger partial charge on any atom is -0.870 e. The van der Waals surface area contributed by atoms with Gasteiger partial charge in [0.25, 0.3) is 0 Å². The van der Waals surface area contributed by atoms with Crippen molar-refractivity contribution in [2.75, 3.05) is 45.8 Å². The van der Waals surface area contributed by atoms with E-state index < -0.39 is 18.1 Å². The van der Waals surface area contributed by atoms with Crippen LogP contribution >= 0.6 is 23.2 Å². The minimum absolute atomic E-state index is 0. The van der Waals surface area contributed by atoms with E-state index >= 15 is 0 Å². The van der Waals surface area contributed by atoms with Gasteiger partial charge in [0.1, 0.15) is 22.3 Å². The molecule has 1 aromatic heterocycles. The number of carbonyl (C=O) groups excluding carboxylic acids is 2. The number of methoxy groups -OCH3 is 2. The maximum absolute atomic E-state index is 13.9. The summed E-state index contributed by atoms with van der Waals surface area (Å²) in [4.78, 5) is 34.9. The Hall–Kier alpha value is -4.35. The summed E-state index contributed by atoms with van der Waals surface area (Å²) in [6.07, 6.45) is 4.63. The minimum atomic E-state index is -0.778. The second-order valence-electron chi connectivity index (χ2n) is 12.4. The van der Waals surface area contributed by atoms with Crippen LogP contribution in [0, 0.1) is 5.92 Å². The van der Waals surface area contributed by atoms with E-state index in [4.69, 9.17) is 42.1 Å². The lowest BCUT2D eigenvalue weighted by Crippen LogP contribution is -2.52. The molecule has 3 fully saturated rings. The second-order valence-corrected chi connectivity index (χ2v) is 13.2. The first kappa shape index (κ1) is 36.9. The Morgan fingerprint density at radius 1 is 0.900 bits per heavy atom. The molecule has 3 atom stereocenters. The Bertz CT molecular complexity index is 1770. The van der Waals surface area contributed by atoms with Crippen molar-refractivity contribution in [3.63, 3.8) is 0 Å². The Labute approximate surface area is 302 Å². The van der Waals surface area contributed by atoms with Gasteiger partial charge in [-0.15, -0.1) is 0 Å². The van der Waals surface area contributed by atoms with Crippen LogP contribution < -0.4 is 19.4 Å². The number of benzene rings is 3. The first-order valence-corrected chi connectivity index (χ1v) is 17.1. The molecule has 4 heterocycles. The fourth-order valence-electron chi connectivity index (χ4n) is 6.75. The first-order valence-electron chi connectivity index (χ1n) is 16.3. The molecule has 3 aliphatic heterocycles. The third-order valence-corrected chi connectivity index (χ3v) is 10.2. The number of hydrogen-bond donors (Lipinski definition) is 0. The number of H-pyrrole nitrogens is 1. The smallest absolute Gasteiger partial charge is 0.338 e. The van der Waals surface area contributed by atoms with Crippen LogP contribution in [0.1, 0.15) is 52.0 Å². The number of anilines is 1. The number of halogens is 2. The standard InChI is InChI=1S/C38H39Cl2N3O6.H2O/c1-42(36(25-8-5-4-6-9-25)38(45)49-35-23-43-16-14-24(35)15-17-43)28-11-7-10-27(18-28)37(44)48-33(20-29-30(39)21-41-22-31(29)40)26-12-13-32(46-2)34(19-26)47-3;/h4-13,18-19,21-22,24,33,35-36H,14-17,20,23H2,1-3H3;1H2/t33?,35-,36?;/m0./s1. The number of ether oxygens (including phenoxy) is 4. The molecule has 0 saturated carbocycles. The number of hydrogen-bond acceptors (Lipinski definition) is 9. The Balaban J connectivity index is 0.00000486. The van der Waals surface area contributed by atoms with Crippen molar-refractivity contribution < 1.29 is 39.0 Å². The number of esters is 2. The predicted octanol–water partition coefficient (Wildman–Crippen LogP) is 6.60. The number of pyridine rings is 1. The molecule has 3 aliphatic rings. The van der Waals surface area contributed by atoms with Crippen LogP contribution in [0.4, 0.5) is 5.69 Å². The number of aromatic nitrogens is 1. The van der Waals surface area contributed by atoms with E-state index in [9.17, 15) is 9.59 Å². The highest BCUT2D eigenvalue weighted by Crippen LogP contribution is 2.37. The molecule has 0 radical (unpaired) electrons. The van der Waals surface area contributed by atoms with Crippen molar-refractivity contribution in [3.8, 4) is 11.5 Å². The van der Waals surface area contributed by atoms with Crippen molar-refractivity contribution in [3.05, 3.63) is 117 Å². The van der Waals surface area contributed by atoms with Gasteiger partial charge in [0.2, 0.25) is 0 Å². The van der Waals surface area contributed by atoms with Crippen LogP contribution in [0.3, 0.4) is 0 Å². The molecule has 0 spiro atoms. The van der Waals surface area contributed by atoms with Crippen LogP contribution in [-0.2, 0) is 20.7 Å². The van der Waals surface area contributed by atoms with Crippen molar-refractivity contribution in [2.45, 2.75) is 37.5 Å². The van der Waals surface area contributed by atoms with Gasteiger partial charge in [0.15, 0.2) is 29.9 Å². The molecule has 0 amide bonds. The summed E-state index contributed by atoms with van der Waals surface area (Å²) in [7, 11) is 4.93. The zero-order valence-electron chi connectivity index (χ0n) is 28.2. The van der Waals surface area contributed by atoms with Gasteiger partial charge >= 0.3 is 11.9 Å². The number of aromatic amines is 1. The van der Waals surface area contributed by atoms with E-state index in [0.717, 1.165) is 38.0 Å². The van der Waals surface area contributed by atoms with Crippen molar-refractivity contribution in [1.82, 2.24) is 4.90 Å². The van der Waals surface area contributed by atoms with Crippen LogP contribution in [0.15, 0.2) is 85.2 Å². The molecule has 0 aliphatic carbocycles. The van der Waals surface area contributed by atoms with Crippen molar-refractivity contribution in [2.24, 2.45) is 5.92 Å². The molecule has 3 saturated heterocycles. The molecule has 2 unspecified atom stereocenters. The van der Waals surface area contributed by atoms with Gasteiger partial charge in [0.05, 0.1) is 19.8 Å². The molecule has 7 rings (SSSR count). The molecule has 2 N–H and O–H groups in total. The number of nitrogens with zero attached hydrogens (tertiary/aromatic N) is 2. The van der Waals surface area contributed by atoms with Crippen LogP contribution in [0.5, 0.6) is 11.5 Å². The van der Waals surface area contributed by atoms with E-state index in [1.807, 2.05) is 54.4 Å². The van der Waals surface area contributed by atoms with E-state index in [-0.39, 0.29) is 24.0 Å². The van der Waals surface area contributed by atoms with Gasteiger partial charge in [0, 0.05) is 31.3 Å². The highest BCUT2D eigenvalue weighted by molar-refractivity contribution is 6.35. The van der Waals surface area contributed by atoms with Gasteiger partial charge in [-0.05, 0) is 73.3 Å². The molecule has 50 heavy (non-hydrogen) atoms. The molecular weight excluding hydrogens is 681 g/mol. The summed E-state index contributed by atoms with van der Waals surface area (Å²) in [5.41, 5.74) is 3.05. The van der Waals surface area contributed by atoms with E-state index in [0.29, 0.717) is 49.8 Å². The highest BCUT2D eigenvalue weighted by Gasteiger charge is 2.39. The predicted molar refractivity (Wildman–Crippen MR) is 189 cm³/mol. The molecule has 3 aromatic carbocycles. The van der Waals surface area contributed by atoms with E-state index in [1.165, 1.54) is 0 Å². The SMILES string of the molecule is COc1ccc(C(Cc2c(Cl)c[nH+]cc2Cl)OC(=O)c2cccc(N(C)C(C(=O)O[C@H]3CN4CCC3CC4)c3ccccc3)c2)cc1OC.[OH-]. The maximum Gasteiger partial charge on any atom is 0.338 e. The van der Waals surface area contributed by atoms with Crippen molar-refractivity contribution in [1.29, 1.82) is 0 Å². The monoisotopic (exact) mass is 721 g/mol. The lowest BCUT2D eigenvalue weighted by atomic mass is 9.86. The lowest BCUT2D eigenvalue weighted by molar-refractivity contribution is -0.377. The molecule has 264 valence electrons. The molecule has 2 bridgehead atoms. The summed E-state index contributed by atoms with van der Waals surface area (Å²) in [5.74, 6) is 0.530. The summed E-state index contributed by atoms with van der Waals surface area (Å²) in [5, 5.41) is 0.824. The highest BCUT2D eigenvalue weighted by atomic mass is 35.5. The molecular formula is C38H41Cl2N3O7. The third-order valence-electron chi connectivity index (χ3n) is 9.49. The molecule has 10 nitrogen and oxygen atoms in total. The number of nitrogens with one attached hydrogen (secondary N) is 1. The summed E-state index contributed by atoms with van der Waals surface area (Å²) >= 11 is 13.0. The average molecular weight is 723 g/mol. The summed E-state index contributed by atoms with van der Waals surface area (Å²) in [6, 6.07) is 21.2. The third kappa shape index (κ3) is 8.16. The van der Waals surface area contributed by atoms with Crippen LogP contribution in [-0.4, -0.2) is 69.3 Å². The van der Waals surface area contributed by atoms with Gasteiger partial charge in [-0.3, -0.25) is 4.90 Å². The molecule has 12 heteroatoms. The Morgan fingerprint density at radius 3 is 2.24 bits per heavy atom.